The molecule has 150 valence electrons. The van der Waals surface area contributed by atoms with Gasteiger partial charge in [0.15, 0.2) is 9.84 Å². The molecule has 0 atom stereocenters. The number of ketones is 1. The van der Waals surface area contributed by atoms with Crippen LogP contribution in [0.2, 0.25) is 0 Å². The number of aliphatic carboxylic acids is 1. The van der Waals surface area contributed by atoms with Crippen LogP contribution in [-0.4, -0.2) is 43.2 Å². The summed E-state index contributed by atoms with van der Waals surface area (Å²) < 4.78 is 30.4. The van der Waals surface area contributed by atoms with E-state index in [1.807, 2.05) is 0 Å². The summed E-state index contributed by atoms with van der Waals surface area (Å²) in [7, 11) is -1.80. The van der Waals surface area contributed by atoms with E-state index in [0.717, 1.165) is 6.26 Å². The molecule has 1 aromatic heterocycles. The first-order chi connectivity index (χ1) is 13.6. The smallest absolute Gasteiger partial charge is 0.377 e. The fourth-order valence-corrected chi connectivity index (χ4v) is 3.73. The molecule has 3 aromatic rings. The summed E-state index contributed by atoms with van der Waals surface area (Å²) in [4.78, 5) is 23.6. The van der Waals surface area contributed by atoms with Gasteiger partial charge in [-0.1, -0.05) is 12.1 Å². The number of nitrogens with zero attached hydrogens (tertiary/aromatic N) is 1. The molecule has 0 saturated heterocycles. The third-order valence-corrected chi connectivity index (χ3v) is 5.72. The van der Waals surface area contributed by atoms with Gasteiger partial charge in [0.25, 0.3) is 5.78 Å². The van der Waals surface area contributed by atoms with Crippen LogP contribution in [0, 0.1) is 6.92 Å². The highest BCUT2D eigenvalue weighted by molar-refractivity contribution is 7.90. The molecular formula is C21H19NO6S. The summed E-state index contributed by atoms with van der Waals surface area (Å²) in [6.45, 7) is 1.66. The molecular weight excluding hydrogens is 394 g/mol. The Labute approximate surface area is 168 Å². The highest BCUT2D eigenvalue weighted by Crippen LogP contribution is 2.31. The van der Waals surface area contributed by atoms with E-state index < -0.39 is 21.6 Å². The largest absolute Gasteiger partial charge is 0.497 e. The van der Waals surface area contributed by atoms with Crippen LogP contribution >= 0.6 is 0 Å². The van der Waals surface area contributed by atoms with Crippen molar-refractivity contribution < 1.29 is 27.9 Å². The van der Waals surface area contributed by atoms with Crippen molar-refractivity contribution in [3.05, 3.63) is 65.9 Å². The topological polar surface area (TPSA) is 103 Å². The fraction of sp³-hybridized carbons (Fsp3) is 0.143. The van der Waals surface area contributed by atoms with Crippen LogP contribution in [-0.2, 0) is 14.6 Å². The van der Waals surface area contributed by atoms with Gasteiger partial charge in [0.05, 0.1) is 23.3 Å². The highest BCUT2D eigenvalue weighted by atomic mass is 32.2. The Bertz CT molecular complexity index is 1190. The number of sulfone groups is 1. The van der Waals surface area contributed by atoms with Gasteiger partial charge in [-0.3, -0.25) is 4.79 Å². The minimum Gasteiger partial charge on any atom is -0.497 e. The Morgan fingerprint density at radius 3 is 2.07 bits per heavy atom. The minimum absolute atomic E-state index is 0.0653. The van der Waals surface area contributed by atoms with Crippen LogP contribution in [0.15, 0.2) is 59.5 Å². The maximum atomic E-state index is 12.2. The zero-order chi connectivity index (χ0) is 21.3. The number of rotatable bonds is 6. The lowest BCUT2D eigenvalue weighted by molar-refractivity contribution is -0.131. The molecule has 0 bridgehead atoms. The fourth-order valence-electron chi connectivity index (χ4n) is 3.10. The van der Waals surface area contributed by atoms with Crippen LogP contribution in [0.1, 0.15) is 16.1 Å². The number of carboxylic acid groups (broad SMARTS) is 1. The molecule has 0 aliphatic heterocycles. The van der Waals surface area contributed by atoms with Crippen molar-refractivity contribution in [1.29, 1.82) is 0 Å². The average molecular weight is 413 g/mol. The molecule has 0 radical (unpaired) electrons. The van der Waals surface area contributed by atoms with Crippen molar-refractivity contribution in [1.82, 2.24) is 4.57 Å². The van der Waals surface area contributed by atoms with Crippen molar-refractivity contribution in [2.75, 3.05) is 13.4 Å². The molecule has 0 aliphatic carbocycles. The van der Waals surface area contributed by atoms with E-state index in [4.69, 9.17) is 9.84 Å². The number of hydrogen-bond acceptors (Lipinski definition) is 5. The van der Waals surface area contributed by atoms with Gasteiger partial charge in [0.1, 0.15) is 5.75 Å². The molecule has 0 unspecified atom stereocenters. The Hall–Kier alpha value is -3.39. The first-order valence-electron chi connectivity index (χ1n) is 8.58. The quantitative estimate of drug-likeness (QED) is 0.492. The number of ether oxygens (including phenoxy) is 1. The molecule has 1 N–H and O–H groups in total. The predicted molar refractivity (Wildman–Crippen MR) is 108 cm³/mol. The van der Waals surface area contributed by atoms with Crippen molar-refractivity contribution in [2.24, 2.45) is 0 Å². The van der Waals surface area contributed by atoms with Gasteiger partial charge < -0.3 is 14.4 Å². The van der Waals surface area contributed by atoms with Gasteiger partial charge in [-0.15, -0.1) is 0 Å². The standard InChI is InChI=1S/C21H19NO6S/c1-13-18(20(23)21(24)25)12-19(14-4-10-17(11-5-14)29(3,26)27)22(13)15-6-8-16(28-2)9-7-15/h4-12H,1-3H3,(H,24,25). The number of hydrogen-bond donors (Lipinski definition) is 1. The van der Waals surface area contributed by atoms with Crippen molar-refractivity contribution in [2.45, 2.75) is 11.8 Å². The van der Waals surface area contributed by atoms with Gasteiger partial charge in [-0.25, -0.2) is 13.2 Å². The summed E-state index contributed by atoms with van der Waals surface area (Å²) >= 11 is 0. The number of Topliss-reactive ketones (excluding diaryl/α,β-unsaturated/α-hetero) is 1. The van der Waals surface area contributed by atoms with Gasteiger partial charge in [-0.2, -0.15) is 0 Å². The zero-order valence-corrected chi connectivity index (χ0v) is 16.9. The minimum atomic E-state index is -3.35. The van der Waals surface area contributed by atoms with Gasteiger partial charge in [0, 0.05) is 17.6 Å². The van der Waals surface area contributed by atoms with Crippen LogP contribution < -0.4 is 4.74 Å². The first-order valence-corrected chi connectivity index (χ1v) is 10.5. The molecule has 0 saturated carbocycles. The summed E-state index contributed by atoms with van der Waals surface area (Å²) in [5, 5.41) is 9.15. The van der Waals surface area contributed by atoms with Gasteiger partial charge >= 0.3 is 5.97 Å². The second-order valence-corrected chi connectivity index (χ2v) is 8.51. The Kier molecular flexibility index (Phi) is 5.30. The summed E-state index contributed by atoms with van der Waals surface area (Å²) in [6.07, 6.45) is 1.12. The van der Waals surface area contributed by atoms with Crippen molar-refractivity contribution in [3.63, 3.8) is 0 Å². The van der Waals surface area contributed by atoms with Crippen molar-refractivity contribution in [3.8, 4) is 22.7 Å². The number of methoxy groups -OCH3 is 1. The molecule has 0 aliphatic rings. The van der Waals surface area contributed by atoms with E-state index in [0.29, 0.717) is 28.4 Å². The molecule has 7 nitrogen and oxygen atoms in total. The lowest BCUT2D eigenvalue weighted by Crippen LogP contribution is -2.13. The number of carbonyl (C=O) groups excluding carboxylic acids is 1. The van der Waals surface area contributed by atoms with E-state index in [1.165, 1.54) is 18.2 Å². The molecule has 1 heterocycles. The van der Waals surface area contributed by atoms with E-state index in [2.05, 4.69) is 0 Å². The second-order valence-electron chi connectivity index (χ2n) is 6.49. The Balaban J connectivity index is 2.22. The normalized spacial score (nSPS) is 11.3. The van der Waals surface area contributed by atoms with Crippen molar-refractivity contribution >= 4 is 21.6 Å². The lowest BCUT2D eigenvalue weighted by atomic mass is 10.1. The number of carbonyl (C=O) groups is 2. The third-order valence-electron chi connectivity index (χ3n) is 4.59. The zero-order valence-electron chi connectivity index (χ0n) is 16.0. The van der Waals surface area contributed by atoms with E-state index in [-0.39, 0.29) is 10.5 Å². The lowest BCUT2D eigenvalue weighted by Gasteiger charge is -2.13. The predicted octanol–water partition coefficient (Wildman–Crippen LogP) is 3.13. The molecule has 0 amide bonds. The van der Waals surface area contributed by atoms with Gasteiger partial charge in [0.2, 0.25) is 0 Å². The highest BCUT2D eigenvalue weighted by Gasteiger charge is 2.24. The maximum Gasteiger partial charge on any atom is 0.377 e. The molecule has 0 spiro atoms. The number of aromatic nitrogens is 1. The molecule has 3 rings (SSSR count). The van der Waals surface area contributed by atoms with E-state index in [1.54, 1.807) is 55.0 Å². The SMILES string of the molecule is COc1ccc(-n2c(-c3ccc(S(C)(=O)=O)cc3)cc(C(=O)C(=O)O)c2C)cc1. The van der Waals surface area contributed by atoms with Crippen LogP contribution in [0.25, 0.3) is 16.9 Å². The molecule has 2 aromatic carbocycles. The first kappa shape index (κ1) is 20.3. The van der Waals surface area contributed by atoms with E-state index >= 15 is 0 Å². The van der Waals surface area contributed by atoms with Crippen LogP contribution in [0.5, 0.6) is 5.75 Å². The van der Waals surface area contributed by atoms with Crippen LogP contribution in [0.3, 0.4) is 0 Å². The molecule has 0 fully saturated rings. The summed E-state index contributed by atoms with van der Waals surface area (Å²) in [5.41, 5.74) is 2.44. The Morgan fingerprint density at radius 1 is 1.00 bits per heavy atom. The Morgan fingerprint density at radius 2 is 1.59 bits per heavy atom. The average Bonchev–Trinajstić information content (AvgIpc) is 3.04. The van der Waals surface area contributed by atoms with E-state index in [9.17, 15) is 18.0 Å². The molecule has 29 heavy (non-hydrogen) atoms. The third kappa shape index (κ3) is 3.93. The second kappa shape index (κ2) is 7.56. The summed E-state index contributed by atoms with van der Waals surface area (Å²) in [6, 6.07) is 14.8. The van der Waals surface area contributed by atoms with Crippen LogP contribution in [0.4, 0.5) is 0 Å². The number of carboxylic acids is 1. The maximum absolute atomic E-state index is 12.2. The van der Waals surface area contributed by atoms with Gasteiger partial charge in [-0.05, 0) is 55.0 Å². The monoisotopic (exact) mass is 413 g/mol. The summed E-state index contributed by atoms with van der Waals surface area (Å²) in [5.74, 6) is -1.90. The number of benzene rings is 2. The molecule has 8 heteroatoms.